The van der Waals surface area contributed by atoms with Gasteiger partial charge in [-0.1, -0.05) is 0 Å². The summed E-state index contributed by atoms with van der Waals surface area (Å²) in [6.45, 7) is 6.43. The molecule has 0 aliphatic rings. The minimum absolute atomic E-state index is 0.309. The Balaban J connectivity index is 2.02. The predicted molar refractivity (Wildman–Crippen MR) is 133 cm³/mol. The summed E-state index contributed by atoms with van der Waals surface area (Å²) in [7, 11) is -1.92. The van der Waals surface area contributed by atoms with Crippen molar-refractivity contribution < 1.29 is 14.4 Å². The number of carbonyl (C=O) groups excluding carboxylic acids is 3. The van der Waals surface area contributed by atoms with Crippen molar-refractivity contribution in [2.45, 2.75) is 19.6 Å². The van der Waals surface area contributed by atoms with Gasteiger partial charge < -0.3 is 0 Å². The number of hydrogen-bond acceptors (Lipinski definition) is 4. The second kappa shape index (κ2) is 8.80. The molecule has 1 heterocycles. The van der Waals surface area contributed by atoms with Crippen LogP contribution in [0.5, 0.6) is 0 Å². The number of benzene rings is 3. The van der Waals surface area contributed by atoms with Gasteiger partial charge in [0, 0.05) is 0 Å². The van der Waals surface area contributed by atoms with Crippen molar-refractivity contribution in [1.29, 1.82) is 0 Å². The van der Waals surface area contributed by atoms with Crippen LogP contribution in [0.15, 0.2) is 91.0 Å². The predicted octanol–water partition coefficient (Wildman–Crippen LogP) is 5.09. The molecule has 0 saturated heterocycles. The maximum atomic E-state index is 14.2. The molecule has 0 atom stereocenters. The van der Waals surface area contributed by atoms with E-state index in [1.54, 1.807) is 72.8 Å². The van der Waals surface area contributed by atoms with Gasteiger partial charge in [-0.05, 0) is 0 Å². The van der Waals surface area contributed by atoms with Gasteiger partial charge in [-0.15, -0.1) is 0 Å². The fraction of sp³-hybridized carbons (Fsp3) is 0.125. The number of rotatable bonds is 8. The summed E-state index contributed by atoms with van der Waals surface area (Å²) in [5, 5.41) is 0. The van der Waals surface area contributed by atoms with E-state index in [2.05, 4.69) is 19.6 Å². The first-order chi connectivity index (χ1) is 15.3. The third kappa shape index (κ3) is 4.00. The summed E-state index contributed by atoms with van der Waals surface area (Å²) in [4.78, 5) is 42.7. The summed E-state index contributed by atoms with van der Waals surface area (Å²) in [6.07, 6.45) is 0. The maximum absolute atomic E-state index is 14.2. The first kappa shape index (κ1) is 22.7. The van der Waals surface area contributed by atoms with E-state index in [-0.39, 0.29) is 11.4 Å². The number of nitrogens with zero attached hydrogens (tertiary/aromatic N) is 2. The quantitative estimate of drug-likeness (QED) is 0.279. The standard InChI is InChI=1S/3C7H5O.C3H9N2SSi.Sn/c3*8-6-7-4-2-1-3-5-7;1-7(2,3)5-4-6-5;/h3*1-5H;1-3H3;/q;;;-1;+1. The van der Waals surface area contributed by atoms with Crippen LogP contribution < -0.4 is 0 Å². The number of carbonyl (C=O) groups is 3. The molecule has 0 aliphatic carbocycles. The van der Waals surface area contributed by atoms with Crippen LogP contribution in [0.3, 0.4) is 0 Å². The molecule has 8 heteroatoms. The fourth-order valence-electron chi connectivity index (χ4n) is 3.61. The van der Waals surface area contributed by atoms with Crippen LogP contribution in [-0.2, 0) is 0 Å². The molecule has 4 rings (SSSR count). The molecule has 1 aromatic heterocycles. The second-order valence-electron chi connectivity index (χ2n) is 8.59. The first-order valence-electron chi connectivity index (χ1n) is 10.4. The van der Waals surface area contributed by atoms with Gasteiger partial charge >= 0.3 is 198 Å². The van der Waals surface area contributed by atoms with Gasteiger partial charge in [-0.25, -0.2) is 0 Å². The van der Waals surface area contributed by atoms with Crippen LogP contribution in [0.1, 0.15) is 31.1 Å². The molecule has 0 amide bonds. The monoisotopic (exact) mass is 568 g/mol. The van der Waals surface area contributed by atoms with Gasteiger partial charge in [0.1, 0.15) is 0 Å². The number of hydrogen-bond donors (Lipinski definition) is 0. The van der Waals surface area contributed by atoms with Gasteiger partial charge in [-0.3, -0.25) is 0 Å². The molecule has 0 saturated carbocycles. The SMILES string of the molecule is C[Si](C)(C)n1s[n]1[Sn]([C](=O)c1ccccc1)([C](=O)c1ccccc1)[C](=O)c1ccccc1. The van der Waals surface area contributed by atoms with E-state index in [9.17, 15) is 14.4 Å². The molecule has 0 N–H and O–H groups in total. The third-order valence-electron chi connectivity index (χ3n) is 5.25. The van der Waals surface area contributed by atoms with Crippen molar-refractivity contribution in [3.63, 3.8) is 0 Å². The topological polar surface area (TPSA) is 61.1 Å². The van der Waals surface area contributed by atoms with E-state index in [0.717, 1.165) is 0 Å². The van der Waals surface area contributed by atoms with Crippen LogP contribution in [-0.4, -0.2) is 44.3 Å². The summed E-state index contributed by atoms with van der Waals surface area (Å²) in [5.74, 6) is 0. The van der Waals surface area contributed by atoms with Gasteiger partial charge in [0.15, 0.2) is 0 Å². The van der Waals surface area contributed by atoms with Crippen LogP contribution in [0, 0.1) is 0 Å². The summed E-state index contributed by atoms with van der Waals surface area (Å²) < 4.78 is 2.94. The Bertz CT molecular complexity index is 1130. The third-order valence-corrected chi connectivity index (χ3v) is 22.9. The molecule has 0 radical (unpaired) electrons. The van der Waals surface area contributed by atoms with Crippen molar-refractivity contribution in [3.05, 3.63) is 108 Å². The second-order valence-corrected chi connectivity index (χ2v) is 24.6. The van der Waals surface area contributed by atoms with Gasteiger partial charge in [0.25, 0.3) is 0 Å². The normalized spacial score (nSPS) is 12.0. The molecule has 4 aromatic rings. The summed E-state index contributed by atoms with van der Waals surface area (Å²) >= 11 is -3.82. The molecular weight excluding hydrogens is 543 g/mol. The molecule has 0 spiro atoms. The molecule has 0 aliphatic heterocycles. The Morgan fingerprint density at radius 2 is 0.938 bits per heavy atom. The van der Waals surface area contributed by atoms with Crippen molar-refractivity contribution >= 4 is 50.0 Å². The zero-order chi connectivity index (χ0) is 22.9. The molecule has 32 heavy (non-hydrogen) atoms. The summed E-state index contributed by atoms with van der Waals surface area (Å²) in [5.41, 5.74) is 1.25. The minimum atomic E-state index is -5.20. The average molecular weight is 567 g/mol. The van der Waals surface area contributed by atoms with Crippen LogP contribution >= 0.6 is 11.7 Å². The Morgan fingerprint density at radius 1 is 0.625 bits per heavy atom. The van der Waals surface area contributed by atoms with Crippen LogP contribution in [0.25, 0.3) is 0 Å². The molecule has 3 aromatic carbocycles. The van der Waals surface area contributed by atoms with Gasteiger partial charge in [0.2, 0.25) is 0 Å². The molecular formula is C24H24N2O3SSiSn. The first-order valence-corrected chi connectivity index (χ1v) is 20.1. The van der Waals surface area contributed by atoms with E-state index in [0.29, 0.717) is 16.7 Å². The van der Waals surface area contributed by atoms with E-state index in [4.69, 9.17) is 0 Å². The average Bonchev–Trinajstić information content (AvgIpc) is 3.63. The van der Waals surface area contributed by atoms with Crippen molar-refractivity contribution in [1.82, 2.24) is 6.03 Å². The van der Waals surface area contributed by atoms with Crippen molar-refractivity contribution in [2.24, 2.45) is 0 Å². The molecule has 0 bridgehead atoms. The summed E-state index contributed by atoms with van der Waals surface area (Å²) in [6, 6.07) is 26.4. The Kier molecular flexibility index (Phi) is 6.24. The van der Waals surface area contributed by atoms with E-state index >= 15 is 0 Å². The Hall–Kier alpha value is -2.49. The number of aromatic nitrogens is 2. The molecule has 162 valence electrons. The van der Waals surface area contributed by atoms with Gasteiger partial charge in [0.05, 0.1) is 0 Å². The Labute approximate surface area is 196 Å². The van der Waals surface area contributed by atoms with Crippen molar-refractivity contribution in [3.8, 4) is 0 Å². The zero-order valence-corrected chi connectivity index (χ0v) is 22.9. The molecule has 0 fully saturated rings. The molecule has 0 unspecified atom stereocenters. The van der Waals surface area contributed by atoms with Gasteiger partial charge in [-0.2, -0.15) is 0 Å². The molecule has 5 nitrogen and oxygen atoms in total. The fourth-order valence-corrected chi connectivity index (χ4v) is 23.9. The van der Waals surface area contributed by atoms with E-state index < -0.39 is 26.9 Å². The van der Waals surface area contributed by atoms with E-state index in [1.807, 2.05) is 24.2 Å². The van der Waals surface area contributed by atoms with Crippen LogP contribution in [0.2, 0.25) is 19.6 Å². The van der Waals surface area contributed by atoms with Crippen LogP contribution in [0.4, 0.5) is 0 Å². The van der Waals surface area contributed by atoms with E-state index in [1.165, 1.54) is 11.7 Å². The zero-order valence-electron chi connectivity index (χ0n) is 18.2. The van der Waals surface area contributed by atoms with Crippen molar-refractivity contribution in [2.75, 3.05) is 0 Å². The Morgan fingerprint density at radius 3 is 1.19 bits per heavy atom.